The molecule has 0 spiro atoms. The first-order valence-corrected chi connectivity index (χ1v) is 8.09. The highest BCUT2D eigenvalue weighted by Crippen LogP contribution is 2.32. The second kappa shape index (κ2) is 7.05. The van der Waals surface area contributed by atoms with Crippen LogP contribution in [0.1, 0.15) is 46.0 Å². The second-order valence-corrected chi connectivity index (χ2v) is 7.19. The molecule has 112 valence electrons. The minimum atomic E-state index is 0.451. The smallest absolute Gasteiger partial charge is 0.0472 e. The van der Waals surface area contributed by atoms with Crippen molar-refractivity contribution in [3.05, 3.63) is 0 Å². The lowest BCUT2D eigenvalue weighted by atomic mass is 9.79. The van der Waals surface area contributed by atoms with Crippen LogP contribution in [0.4, 0.5) is 0 Å². The third-order valence-electron chi connectivity index (χ3n) is 4.59. The van der Waals surface area contributed by atoms with Gasteiger partial charge in [-0.3, -0.25) is 0 Å². The number of ether oxygens (including phenoxy) is 1. The summed E-state index contributed by atoms with van der Waals surface area (Å²) < 4.78 is 5.58. The van der Waals surface area contributed by atoms with Crippen LogP contribution in [0.2, 0.25) is 0 Å². The molecule has 0 amide bonds. The van der Waals surface area contributed by atoms with Gasteiger partial charge in [0.25, 0.3) is 0 Å². The van der Waals surface area contributed by atoms with Crippen molar-refractivity contribution in [3.63, 3.8) is 0 Å². The minimum absolute atomic E-state index is 0.451. The largest absolute Gasteiger partial charge is 0.381 e. The van der Waals surface area contributed by atoms with Crippen LogP contribution in [0.25, 0.3) is 0 Å². The molecule has 19 heavy (non-hydrogen) atoms. The van der Waals surface area contributed by atoms with Crippen molar-refractivity contribution in [2.45, 2.75) is 52.0 Å². The molecule has 1 N–H and O–H groups in total. The summed E-state index contributed by atoms with van der Waals surface area (Å²) >= 11 is 0. The van der Waals surface area contributed by atoms with E-state index in [1.165, 1.54) is 51.7 Å². The van der Waals surface area contributed by atoms with E-state index in [4.69, 9.17) is 4.74 Å². The van der Waals surface area contributed by atoms with E-state index in [-0.39, 0.29) is 0 Å². The maximum absolute atomic E-state index is 5.58. The highest BCUT2D eigenvalue weighted by Gasteiger charge is 2.35. The van der Waals surface area contributed by atoms with Gasteiger partial charge in [-0.1, -0.05) is 13.8 Å². The van der Waals surface area contributed by atoms with Gasteiger partial charge in [0.2, 0.25) is 0 Å². The molecular formula is C16H32N2O. The number of hydrogen-bond acceptors (Lipinski definition) is 3. The van der Waals surface area contributed by atoms with E-state index in [0.29, 0.717) is 5.41 Å². The van der Waals surface area contributed by atoms with Gasteiger partial charge in [-0.05, 0) is 57.0 Å². The molecule has 2 aliphatic rings. The SMILES string of the molecule is CC(C)CCN(C)CC1(CNC2CC2)CCOCC1. The molecule has 1 saturated heterocycles. The van der Waals surface area contributed by atoms with E-state index in [1.54, 1.807) is 0 Å². The fraction of sp³-hybridized carbons (Fsp3) is 1.00. The molecule has 1 saturated carbocycles. The first-order chi connectivity index (χ1) is 9.10. The summed E-state index contributed by atoms with van der Waals surface area (Å²) in [5.41, 5.74) is 0.451. The Hall–Kier alpha value is -0.120. The molecule has 0 unspecified atom stereocenters. The van der Waals surface area contributed by atoms with Crippen molar-refractivity contribution in [2.24, 2.45) is 11.3 Å². The molecule has 1 heterocycles. The molecule has 0 aromatic carbocycles. The van der Waals surface area contributed by atoms with Gasteiger partial charge in [-0.25, -0.2) is 0 Å². The van der Waals surface area contributed by atoms with Crippen LogP contribution in [0.5, 0.6) is 0 Å². The van der Waals surface area contributed by atoms with Crippen LogP contribution in [0.3, 0.4) is 0 Å². The normalized spacial score (nSPS) is 23.2. The lowest BCUT2D eigenvalue weighted by Crippen LogP contribution is -2.47. The zero-order chi connectivity index (χ0) is 13.7. The van der Waals surface area contributed by atoms with Gasteiger partial charge in [0.05, 0.1) is 0 Å². The van der Waals surface area contributed by atoms with Gasteiger partial charge in [0, 0.05) is 32.3 Å². The van der Waals surface area contributed by atoms with E-state index < -0.39 is 0 Å². The van der Waals surface area contributed by atoms with Crippen molar-refractivity contribution in [2.75, 3.05) is 39.9 Å². The third-order valence-corrected chi connectivity index (χ3v) is 4.59. The summed E-state index contributed by atoms with van der Waals surface area (Å²) in [5.74, 6) is 0.803. The Kier molecular flexibility index (Phi) is 5.67. The maximum atomic E-state index is 5.58. The van der Waals surface area contributed by atoms with E-state index in [2.05, 4.69) is 31.1 Å². The van der Waals surface area contributed by atoms with Crippen molar-refractivity contribution in [1.29, 1.82) is 0 Å². The number of rotatable bonds is 8. The molecule has 0 aromatic heterocycles. The molecule has 0 radical (unpaired) electrons. The van der Waals surface area contributed by atoms with Gasteiger partial charge in [-0.2, -0.15) is 0 Å². The van der Waals surface area contributed by atoms with Crippen molar-refractivity contribution in [3.8, 4) is 0 Å². The monoisotopic (exact) mass is 268 g/mol. The molecule has 0 bridgehead atoms. The van der Waals surface area contributed by atoms with Crippen molar-refractivity contribution in [1.82, 2.24) is 10.2 Å². The van der Waals surface area contributed by atoms with Gasteiger partial charge in [0.15, 0.2) is 0 Å². The number of nitrogens with zero attached hydrogens (tertiary/aromatic N) is 1. The average Bonchev–Trinajstić information content (AvgIpc) is 3.19. The molecule has 3 heteroatoms. The summed E-state index contributed by atoms with van der Waals surface area (Å²) in [5, 5.41) is 3.76. The van der Waals surface area contributed by atoms with Crippen LogP contribution in [0.15, 0.2) is 0 Å². The Morgan fingerprint density at radius 1 is 1.26 bits per heavy atom. The topological polar surface area (TPSA) is 24.5 Å². The zero-order valence-corrected chi connectivity index (χ0v) is 13.1. The Labute approximate surface area is 119 Å². The Morgan fingerprint density at radius 2 is 1.95 bits per heavy atom. The average molecular weight is 268 g/mol. The van der Waals surface area contributed by atoms with Gasteiger partial charge in [0.1, 0.15) is 0 Å². The minimum Gasteiger partial charge on any atom is -0.381 e. The van der Waals surface area contributed by atoms with Crippen LogP contribution >= 0.6 is 0 Å². The van der Waals surface area contributed by atoms with E-state index in [0.717, 1.165) is 25.2 Å². The summed E-state index contributed by atoms with van der Waals surface area (Å²) in [7, 11) is 2.29. The zero-order valence-electron chi connectivity index (χ0n) is 13.1. The Balaban J connectivity index is 1.80. The summed E-state index contributed by atoms with van der Waals surface area (Å²) in [6.45, 7) is 10.2. The summed E-state index contributed by atoms with van der Waals surface area (Å²) in [4.78, 5) is 2.54. The summed E-state index contributed by atoms with van der Waals surface area (Å²) in [6, 6.07) is 0.820. The predicted molar refractivity (Wildman–Crippen MR) is 80.5 cm³/mol. The number of nitrogens with one attached hydrogen (secondary N) is 1. The fourth-order valence-electron chi connectivity index (χ4n) is 2.97. The predicted octanol–water partition coefficient (Wildman–Crippen LogP) is 2.51. The van der Waals surface area contributed by atoms with Crippen LogP contribution in [-0.4, -0.2) is 50.8 Å². The highest BCUT2D eigenvalue weighted by atomic mass is 16.5. The van der Waals surface area contributed by atoms with Crippen LogP contribution in [0, 0.1) is 11.3 Å². The molecule has 0 atom stereocenters. The molecule has 2 rings (SSSR count). The Morgan fingerprint density at radius 3 is 2.53 bits per heavy atom. The second-order valence-electron chi connectivity index (χ2n) is 7.19. The molecular weight excluding hydrogens is 236 g/mol. The first kappa shape index (κ1) is 15.3. The van der Waals surface area contributed by atoms with Gasteiger partial charge in [-0.15, -0.1) is 0 Å². The molecule has 2 fully saturated rings. The van der Waals surface area contributed by atoms with E-state index >= 15 is 0 Å². The Bertz CT molecular complexity index is 257. The lowest BCUT2D eigenvalue weighted by Gasteiger charge is -2.40. The van der Waals surface area contributed by atoms with Gasteiger partial charge < -0.3 is 15.0 Å². The first-order valence-electron chi connectivity index (χ1n) is 8.09. The molecule has 0 aromatic rings. The quantitative estimate of drug-likeness (QED) is 0.732. The number of hydrogen-bond donors (Lipinski definition) is 1. The lowest BCUT2D eigenvalue weighted by molar-refractivity contribution is -0.00122. The summed E-state index contributed by atoms with van der Waals surface area (Å²) in [6.07, 6.45) is 6.52. The van der Waals surface area contributed by atoms with Crippen LogP contribution in [-0.2, 0) is 4.74 Å². The molecule has 1 aliphatic carbocycles. The van der Waals surface area contributed by atoms with Crippen LogP contribution < -0.4 is 5.32 Å². The third kappa shape index (κ3) is 5.41. The van der Waals surface area contributed by atoms with Crippen molar-refractivity contribution >= 4 is 0 Å². The standard InChI is InChI=1S/C16H32N2O/c1-14(2)6-9-18(3)13-16(7-10-19-11-8-16)12-17-15-4-5-15/h14-15,17H,4-13H2,1-3H3. The highest BCUT2D eigenvalue weighted by molar-refractivity contribution is 4.90. The van der Waals surface area contributed by atoms with E-state index in [9.17, 15) is 0 Å². The van der Waals surface area contributed by atoms with Crippen molar-refractivity contribution < 1.29 is 4.74 Å². The fourth-order valence-corrected chi connectivity index (χ4v) is 2.97. The molecule has 3 nitrogen and oxygen atoms in total. The molecule has 1 aliphatic heterocycles. The maximum Gasteiger partial charge on any atom is 0.0472 e. The van der Waals surface area contributed by atoms with Gasteiger partial charge >= 0.3 is 0 Å². The van der Waals surface area contributed by atoms with E-state index in [1.807, 2.05) is 0 Å².